The number of anilines is 1. The Balaban J connectivity index is 3.19. The minimum Gasteiger partial charge on any atom is -0.507 e. The van der Waals surface area contributed by atoms with E-state index in [-0.39, 0.29) is 11.3 Å². The molecule has 10 heavy (non-hydrogen) atoms. The number of phenols is 1. The Morgan fingerprint density at radius 3 is 2.70 bits per heavy atom. The lowest BCUT2D eigenvalue weighted by molar-refractivity contribution is 0.472. The highest BCUT2D eigenvalue weighted by Crippen LogP contribution is 2.17. The fraction of sp³-hybridized carbons (Fsp3) is 0. The molecule has 1 rings (SSSR count). The summed E-state index contributed by atoms with van der Waals surface area (Å²) in [4.78, 5) is 10.0. The van der Waals surface area contributed by atoms with Crippen molar-refractivity contribution in [3.05, 3.63) is 23.8 Å². The van der Waals surface area contributed by atoms with Gasteiger partial charge in [0.2, 0.25) is 6.29 Å². The first-order chi connectivity index (χ1) is 4.74. The molecule has 3 nitrogen and oxygen atoms in total. The van der Waals surface area contributed by atoms with Crippen LogP contribution in [-0.2, 0) is 4.79 Å². The van der Waals surface area contributed by atoms with Crippen LogP contribution in [0.1, 0.15) is 5.56 Å². The summed E-state index contributed by atoms with van der Waals surface area (Å²) in [5.41, 5.74) is 5.85. The third kappa shape index (κ3) is 1.07. The first kappa shape index (κ1) is 6.61. The van der Waals surface area contributed by atoms with E-state index in [9.17, 15) is 4.79 Å². The van der Waals surface area contributed by atoms with Crippen LogP contribution in [0.5, 0.6) is 5.75 Å². The molecule has 0 saturated heterocycles. The smallest absolute Gasteiger partial charge is 0.237 e. The molecule has 0 unspecified atom stereocenters. The fourth-order valence-electron chi connectivity index (χ4n) is 0.635. The van der Waals surface area contributed by atoms with Crippen molar-refractivity contribution in [2.75, 3.05) is 5.73 Å². The molecule has 3 N–H and O–H groups in total. The second-order valence-electron chi connectivity index (χ2n) is 1.88. The molecule has 0 aliphatic carbocycles. The van der Waals surface area contributed by atoms with E-state index in [4.69, 9.17) is 10.8 Å². The average Bonchev–Trinajstić information content (AvgIpc) is 1.88. The lowest BCUT2D eigenvalue weighted by Crippen LogP contribution is -1.86. The Labute approximate surface area is 58.1 Å². The van der Waals surface area contributed by atoms with Gasteiger partial charge < -0.3 is 10.8 Å². The van der Waals surface area contributed by atoms with Crippen LogP contribution in [0, 0.1) is 0 Å². The molecule has 1 aromatic carbocycles. The van der Waals surface area contributed by atoms with Crippen molar-refractivity contribution in [3.63, 3.8) is 0 Å². The normalized spacial score (nSPS) is 9.20. The lowest BCUT2D eigenvalue weighted by atomic mass is 10.2. The van der Waals surface area contributed by atoms with Gasteiger partial charge in [-0.3, -0.25) is 4.79 Å². The number of carbonyl (C=O) groups excluding carboxylic acids is 1. The van der Waals surface area contributed by atoms with Crippen LogP contribution < -0.4 is 5.73 Å². The monoisotopic (exact) mass is 136 g/mol. The van der Waals surface area contributed by atoms with Crippen LogP contribution in [0.2, 0.25) is 0 Å². The molecule has 0 atom stereocenters. The van der Waals surface area contributed by atoms with Gasteiger partial charge in [0, 0.05) is 11.8 Å². The first-order valence-corrected chi connectivity index (χ1v) is 2.70. The molecule has 0 heterocycles. The van der Waals surface area contributed by atoms with Crippen molar-refractivity contribution in [2.24, 2.45) is 0 Å². The van der Waals surface area contributed by atoms with Gasteiger partial charge in [-0.2, -0.15) is 0 Å². The molecule has 0 bridgehead atoms. The number of nitrogen functional groups attached to an aromatic ring is 1. The van der Waals surface area contributed by atoms with E-state index in [1.807, 2.05) is 0 Å². The van der Waals surface area contributed by atoms with Crippen molar-refractivity contribution < 1.29 is 9.90 Å². The zero-order valence-electron chi connectivity index (χ0n) is 5.16. The summed E-state index contributed by atoms with van der Waals surface area (Å²) in [6, 6.07) is 4.25. The average molecular weight is 136 g/mol. The van der Waals surface area contributed by atoms with Crippen LogP contribution in [-0.4, -0.2) is 11.4 Å². The minimum atomic E-state index is -0.130. The van der Waals surface area contributed by atoms with Crippen molar-refractivity contribution in [1.82, 2.24) is 0 Å². The number of phenolic OH excluding ortho intramolecular Hbond substituents is 1. The third-order valence-electron chi connectivity index (χ3n) is 1.13. The second-order valence-corrected chi connectivity index (χ2v) is 1.88. The van der Waals surface area contributed by atoms with Gasteiger partial charge >= 0.3 is 0 Å². The van der Waals surface area contributed by atoms with Crippen molar-refractivity contribution >= 4 is 12.0 Å². The molecule has 0 aromatic heterocycles. The van der Waals surface area contributed by atoms with Gasteiger partial charge in [-0.25, -0.2) is 0 Å². The van der Waals surface area contributed by atoms with E-state index in [1.54, 1.807) is 6.29 Å². The van der Waals surface area contributed by atoms with E-state index < -0.39 is 0 Å². The van der Waals surface area contributed by atoms with E-state index in [0.717, 1.165) is 0 Å². The van der Waals surface area contributed by atoms with Crippen molar-refractivity contribution in [1.29, 1.82) is 0 Å². The van der Waals surface area contributed by atoms with E-state index in [1.165, 1.54) is 18.2 Å². The van der Waals surface area contributed by atoms with Gasteiger partial charge in [0.25, 0.3) is 0 Å². The van der Waals surface area contributed by atoms with Crippen LogP contribution in [0.4, 0.5) is 5.69 Å². The third-order valence-corrected chi connectivity index (χ3v) is 1.13. The van der Waals surface area contributed by atoms with Crippen LogP contribution in [0.3, 0.4) is 0 Å². The molecule has 0 aliphatic heterocycles. The van der Waals surface area contributed by atoms with Crippen LogP contribution in [0.25, 0.3) is 0 Å². The summed E-state index contributed by atoms with van der Waals surface area (Å²) in [6.07, 6.45) is 1.57. The number of hydrogen-bond donors (Lipinski definition) is 2. The minimum absolute atomic E-state index is 0.130. The number of nitrogens with two attached hydrogens (primary N) is 1. The molecule has 0 spiro atoms. The molecule has 3 heteroatoms. The second kappa shape index (κ2) is 2.39. The number of benzene rings is 1. The number of hydrogen-bond acceptors (Lipinski definition) is 3. The topological polar surface area (TPSA) is 63.3 Å². The maximum Gasteiger partial charge on any atom is 0.237 e. The van der Waals surface area contributed by atoms with Crippen LogP contribution >= 0.6 is 0 Å². The van der Waals surface area contributed by atoms with Gasteiger partial charge in [-0.15, -0.1) is 0 Å². The van der Waals surface area contributed by atoms with Gasteiger partial charge in [0.05, 0.1) is 5.56 Å². The molecule has 51 valence electrons. The number of aromatic hydroxyl groups is 1. The van der Waals surface area contributed by atoms with Crippen LogP contribution in [0.15, 0.2) is 18.2 Å². The SMILES string of the molecule is Nc1ccc([C]=O)c(O)c1. The summed E-state index contributed by atoms with van der Waals surface area (Å²) < 4.78 is 0. The maximum absolute atomic E-state index is 10.0. The maximum atomic E-state index is 10.0. The van der Waals surface area contributed by atoms with Gasteiger partial charge in [0.1, 0.15) is 5.75 Å². The highest BCUT2D eigenvalue weighted by molar-refractivity contribution is 5.80. The quantitative estimate of drug-likeness (QED) is 0.550. The van der Waals surface area contributed by atoms with E-state index >= 15 is 0 Å². The first-order valence-electron chi connectivity index (χ1n) is 2.70. The Bertz CT molecular complexity index is 258. The van der Waals surface area contributed by atoms with Gasteiger partial charge in [-0.1, -0.05) is 0 Å². The molecule has 0 amide bonds. The molecule has 1 radical (unpaired) electrons. The summed E-state index contributed by atoms with van der Waals surface area (Å²) in [5, 5.41) is 8.95. The standard InChI is InChI=1S/C7H6NO2/c8-6-2-1-5(4-9)7(10)3-6/h1-3,10H,8H2. The predicted octanol–water partition coefficient (Wildman–Crippen LogP) is 0.432. The predicted molar refractivity (Wildman–Crippen MR) is 37.3 cm³/mol. The molecule has 0 saturated carbocycles. The highest BCUT2D eigenvalue weighted by Gasteiger charge is 1.98. The van der Waals surface area contributed by atoms with Gasteiger partial charge in [-0.05, 0) is 12.1 Å². The van der Waals surface area contributed by atoms with E-state index in [0.29, 0.717) is 5.69 Å². The summed E-state index contributed by atoms with van der Waals surface area (Å²) >= 11 is 0. The van der Waals surface area contributed by atoms with Gasteiger partial charge in [0.15, 0.2) is 0 Å². The highest BCUT2D eigenvalue weighted by atomic mass is 16.3. The molecule has 1 aromatic rings. The van der Waals surface area contributed by atoms with Crippen molar-refractivity contribution in [2.45, 2.75) is 0 Å². The Morgan fingerprint density at radius 1 is 1.50 bits per heavy atom. The summed E-state index contributed by atoms with van der Waals surface area (Å²) in [5.74, 6) is -0.130. The molecular formula is C7H6NO2. The zero-order valence-corrected chi connectivity index (χ0v) is 5.16. The Hall–Kier alpha value is -1.51. The molecule has 0 aliphatic rings. The lowest BCUT2D eigenvalue weighted by Gasteiger charge is -1.95. The zero-order chi connectivity index (χ0) is 7.56. The number of rotatable bonds is 1. The fourth-order valence-corrected chi connectivity index (χ4v) is 0.635. The van der Waals surface area contributed by atoms with Crippen molar-refractivity contribution in [3.8, 4) is 5.75 Å². The Morgan fingerprint density at radius 2 is 2.20 bits per heavy atom. The van der Waals surface area contributed by atoms with E-state index in [2.05, 4.69) is 0 Å². The largest absolute Gasteiger partial charge is 0.507 e. The summed E-state index contributed by atoms with van der Waals surface area (Å²) in [6.45, 7) is 0. The summed E-state index contributed by atoms with van der Waals surface area (Å²) in [7, 11) is 0. The molecule has 0 fully saturated rings. The molecular weight excluding hydrogens is 130 g/mol. The Kier molecular flexibility index (Phi) is 1.58.